The molecule has 7 nitrogen and oxygen atoms in total. The van der Waals surface area contributed by atoms with E-state index in [2.05, 4.69) is 15.6 Å². The highest BCUT2D eigenvalue weighted by atomic mass is 19.1. The minimum atomic E-state index is -1.23. The Labute approximate surface area is 198 Å². The molecule has 0 saturated carbocycles. The fraction of sp³-hybridized carbons (Fsp3) is 0.400. The molecule has 3 heterocycles. The van der Waals surface area contributed by atoms with E-state index in [1.54, 1.807) is 0 Å². The van der Waals surface area contributed by atoms with Crippen LogP contribution < -0.4 is 21.9 Å². The van der Waals surface area contributed by atoms with Crippen LogP contribution >= 0.6 is 0 Å². The first kappa shape index (κ1) is 23.3. The van der Waals surface area contributed by atoms with E-state index in [0.29, 0.717) is 6.04 Å². The Balaban J connectivity index is 1.55. The summed E-state index contributed by atoms with van der Waals surface area (Å²) in [5, 5.41) is 6.14. The number of carbonyl (C=O) groups is 1. The van der Waals surface area contributed by atoms with Crippen LogP contribution in [0, 0.1) is 17.5 Å². The van der Waals surface area contributed by atoms with E-state index in [-0.39, 0.29) is 22.9 Å². The molecule has 5 rings (SSSR count). The lowest BCUT2D eigenvalue weighted by Gasteiger charge is -2.31. The molecule has 0 aliphatic carbocycles. The number of amides is 1. The summed E-state index contributed by atoms with van der Waals surface area (Å²) < 4.78 is 42.4. The first-order valence-corrected chi connectivity index (χ1v) is 11.6. The van der Waals surface area contributed by atoms with Gasteiger partial charge in [-0.15, -0.1) is 0 Å². The topological polar surface area (TPSA) is 96.0 Å². The Morgan fingerprint density at radius 2 is 1.80 bits per heavy atom. The molecule has 2 fully saturated rings. The minimum Gasteiger partial charge on any atom is -0.348 e. The molecule has 3 N–H and O–H groups in total. The van der Waals surface area contributed by atoms with Gasteiger partial charge in [-0.25, -0.2) is 22.5 Å². The fourth-order valence-electron chi connectivity index (χ4n) is 5.55. The Hall–Kier alpha value is -3.40. The number of H-pyrrole nitrogens is 1. The predicted octanol–water partition coefficient (Wildman–Crippen LogP) is 3.20. The van der Waals surface area contributed by atoms with Crippen LogP contribution in [-0.2, 0) is 4.79 Å². The molecule has 2 aliphatic rings. The lowest BCUT2D eigenvalue weighted by Crippen LogP contribution is -2.49. The molecule has 2 atom stereocenters. The average Bonchev–Trinajstić information content (AvgIpc) is 3.40. The van der Waals surface area contributed by atoms with Gasteiger partial charge in [0.05, 0.1) is 16.9 Å². The summed E-state index contributed by atoms with van der Waals surface area (Å²) in [6, 6.07) is 4.74. The lowest BCUT2D eigenvalue weighted by atomic mass is 9.82. The molecular formula is C25H25F3N4O3. The fourth-order valence-corrected chi connectivity index (χ4v) is 5.55. The predicted molar refractivity (Wildman–Crippen MR) is 123 cm³/mol. The van der Waals surface area contributed by atoms with E-state index in [1.807, 2.05) is 0 Å². The molecule has 3 aromatic rings. The maximum atomic E-state index is 14.3. The Bertz CT molecular complexity index is 1430. The van der Waals surface area contributed by atoms with Crippen LogP contribution in [0.15, 0.2) is 46.0 Å². The second-order valence-electron chi connectivity index (χ2n) is 9.61. The molecule has 2 saturated heterocycles. The number of benzene rings is 2. The zero-order valence-electron chi connectivity index (χ0n) is 19.0. The van der Waals surface area contributed by atoms with Crippen LogP contribution in [0.4, 0.5) is 13.2 Å². The second-order valence-corrected chi connectivity index (χ2v) is 9.61. The quantitative estimate of drug-likeness (QED) is 0.499. The van der Waals surface area contributed by atoms with Crippen LogP contribution in [0.2, 0.25) is 0 Å². The summed E-state index contributed by atoms with van der Waals surface area (Å²) in [5.41, 5.74) is -1.76. The van der Waals surface area contributed by atoms with Gasteiger partial charge in [-0.3, -0.25) is 9.59 Å². The summed E-state index contributed by atoms with van der Waals surface area (Å²) in [6.45, 7) is 1.53. The first-order chi connectivity index (χ1) is 16.7. The largest absolute Gasteiger partial charge is 0.348 e. The Morgan fingerprint density at radius 1 is 1.11 bits per heavy atom. The Morgan fingerprint density at radius 3 is 2.46 bits per heavy atom. The van der Waals surface area contributed by atoms with Gasteiger partial charge in [-0.1, -0.05) is 6.07 Å². The molecule has 2 aromatic carbocycles. The molecule has 0 radical (unpaired) electrons. The smallest absolute Gasteiger partial charge is 0.329 e. The lowest BCUT2D eigenvalue weighted by molar-refractivity contribution is -0.126. The third-order valence-corrected chi connectivity index (χ3v) is 7.33. The normalized spacial score (nSPS) is 22.9. The van der Waals surface area contributed by atoms with Gasteiger partial charge in [-0.2, -0.15) is 0 Å². The number of fused-ring (bicyclic) bond motifs is 3. The number of hydrogen-bond donors (Lipinski definition) is 3. The number of hydrogen-bond acceptors (Lipinski definition) is 4. The third-order valence-electron chi connectivity index (χ3n) is 7.33. The van der Waals surface area contributed by atoms with Crippen molar-refractivity contribution in [2.45, 2.75) is 62.7 Å². The molecule has 35 heavy (non-hydrogen) atoms. The molecular weight excluding hydrogens is 461 g/mol. The summed E-state index contributed by atoms with van der Waals surface area (Å²) in [4.78, 5) is 42.5. The molecule has 0 unspecified atom stereocenters. The third kappa shape index (κ3) is 4.27. The van der Waals surface area contributed by atoms with Crippen molar-refractivity contribution in [2.75, 3.05) is 0 Å². The zero-order valence-corrected chi connectivity index (χ0v) is 19.0. The molecule has 0 spiro atoms. The maximum absolute atomic E-state index is 14.3. The van der Waals surface area contributed by atoms with Gasteiger partial charge in [0.15, 0.2) is 0 Å². The van der Waals surface area contributed by atoms with Crippen molar-refractivity contribution in [2.24, 2.45) is 0 Å². The minimum absolute atomic E-state index is 0.0544. The van der Waals surface area contributed by atoms with Gasteiger partial charge in [0, 0.05) is 23.2 Å². The highest BCUT2D eigenvalue weighted by molar-refractivity contribution is 5.82. The number of rotatable bonds is 6. The molecule has 2 aliphatic heterocycles. The van der Waals surface area contributed by atoms with Crippen LogP contribution in [0.5, 0.6) is 0 Å². The van der Waals surface area contributed by atoms with Crippen molar-refractivity contribution in [3.05, 3.63) is 80.3 Å². The summed E-state index contributed by atoms with van der Waals surface area (Å²) in [7, 11) is 0. The molecule has 2 bridgehead atoms. The van der Waals surface area contributed by atoms with Crippen LogP contribution in [-0.4, -0.2) is 27.0 Å². The van der Waals surface area contributed by atoms with Crippen LogP contribution in [0.1, 0.15) is 56.7 Å². The highest BCUT2D eigenvalue weighted by Crippen LogP contribution is 2.42. The van der Waals surface area contributed by atoms with Gasteiger partial charge < -0.3 is 15.6 Å². The van der Waals surface area contributed by atoms with E-state index in [9.17, 15) is 27.6 Å². The zero-order chi connectivity index (χ0) is 24.9. The number of nitrogens with one attached hydrogen (secondary N) is 3. The van der Waals surface area contributed by atoms with Crippen molar-refractivity contribution < 1.29 is 18.0 Å². The van der Waals surface area contributed by atoms with Gasteiger partial charge in [0.1, 0.15) is 23.5 Å². The number of aromatic amines is 1. The highest BCUT2D eigenvalue weighted by Gasteiger charge is 2.47. The molecule has 10 heteroatoms. The first-order valence-electron chi connectivity index (χ1n) is 11.6. The number of halogens is 3. The maximum Gasteiger partial charge on any atom is 0.329 e. The van der Waals surface area contributed by atoms with E-state index in [1.165, 1.54) is 19.1 Å². The van der Waals surface area contributed by atoms with Crippen molar-refractivity contribution in [3.63, 3.8) is 0 Å². The summed E-state index contributed by atoms with van der Waals surface area (Å²) in [6.07, 6.45) is 3.61. The SMILES string of the molecule is C[C@@H](NC(=O)[C@@H](CC12CCC(CC1)N2)n1c(=O)[nH]c2ccc(F)cc2c1=O)c1ccc(F)cc1F. The average molecular weight is 486 g/mol. The van der Waals surface area contributed by atoms with Crippen LogP contribution in [0.25, 0.3) is 10.9 Å². The van der Waals surface area contributed by atoms with E-state index in [4.69, 9.17) is 0 Å². The number of aromatic nitrogens is 2. The van der Waals surface area contributed by atoms with Crippen LogP contribution in [0.3, 0.4) is 0 Å². The molecule has 1 aromatic heterocycles. The summed E-state index contributed by atoms with van der Waals surface area (Å²) in [5.74, 6) is -2.87. The van der Waals surface area contributed by atoms with Crippen molar-refractivity contribution >= 4 is 16.8 Å². The van der Waals surface area contributed by atoms with Gasteiger partial charge >= 0.3 is 5.69 Å². The monoisotopic (exact) mass is 486 g/mol. The van der Waals surface area contributed by atoms with Gasteiger partial charge in [0.25, 0.3) is 5.56 Å². The number of carbonyl (C=O) groups excluding carboxylic acids is 1. The van der Waals surface area contributed by atoms with Crippen molar-refractivity contribution in [3.8, 4) is 0 Å². The standard InChI is InChI=1S/C25H25F3N4O3/c1-13(17-4-2-15(27)11-19(17)28)29-22(33)21(12-25-8-6-16(31-25)7-9-25)32-23(34)18-10-14(26)3-5-20(18)30-24(32)35/h2-5,10-11,13,16,21,31H,6-9,12H2,1H3,(H,29,33)(H,30,35)/t13-,16?,21-,25?/m1/s1. The molecule has 1 amide bonds. The number of nitrogens with zero attached hydrogens (tertiary/aromatic N) is 1. The second kappa shape index (κ2) is 8.67. The Kier molecular flexibility index (Phi) is 5.79. The molecule has 184 valence electrons. The van der Waals surface area contributed by atoms with E-state index < -0.39 is 52.2 Å². The van der Waals surface area contributed by atoms with Crippen molar-refractivity contribution in [1.82, 2.24) is 20.2 Å². The van der Waals surface area contributed by atoms with E-state index in [0.717, 1.165) is 54.5 Å². The van der Waals surface area contributed by atoms with Gasteiger partial charge in [0.2, 0.25) is 5.91 Å². The van der Waals surface area contributed by atoms with Gasteiger partial charge in [-0.05, 0) is 63.3 Å². The van der Waals surface area contributed by atoms with E-state index >= 15 is 0 Å². The summed E-state index contributed by atoms with van der Waals surface area (Å²) >= 11 is 0. The van der Waals surface area contributed by atoms with Crippen molar-refractivity contribution in [1.29, 1.82) is 0 Å².